The Morgan fingerprint density at radius 3 is 2.81 bits per heavy atom. The zero-order valence-corrected chi connectivity index (χ0v) is 14.9. The highest BCUT2D eigenvalue weighted by Crippen LogP contribution is 2.30. The molecular formula is C19H23N3O4. The van der Waals surface area contributed by atoms with Gasteiger partial charge in [-0.3, -0.25) is 9.69 Å². The quantitative estimate of drug-likeness (QED) is 0.827. The van der Waals surface area contributed by atoms with Crippen LogP contribution in [0, 0.1) is 0 Å². The van der Waals surface area contributed by atoms with E-state index in [1.807, 2.05) is 24.3 Å². The fraction of sp³-hybridized carbons (Fsp3) is 0.474. The van der Waals surface area contributed by atoms with Gasteiger partial charge in [-0.1, -0.05) is 18.2 Å². The Morgan fingerprint density at radius 2 is 2.04 bits per heavy atom. The van der Waals surface area contributed by atoms with E-state index in [-0.39, 0.29) is 11.9 Å². The summed E-state index contributed by atoms with van der Waals surface area (Å²) in [7, 11) is 1.37. The van der Waals surface area contributed by atoms with Crippen molar-refractivity contribution in [2.24, 2.45) is 0 Å². The molecule has 0 bridgehead atoms. The van der Waals surface area contributed by atoms with Crippen molar-refractivity contribution in [2.75, 3.05) is 40.0 Å². The number of hydrogen-bond donors (Lipinski definition) is 1. The Labute approximate surface area is 151 Å². The monoisotopic (exact) mass is 357 g/mol. The van der Waals surface area contributed by atoms with Gasteiger partial charge in [0.25, 0.3) is 0 Å². The summed E-state index contributed by atoms with van der Waals surface area (Å²) in [6.07, 6.45) is 0.473. The normalized spacial score (nSPS) is 20.8. The summed E-state index contributed by atoms with van der Waals surface area (Å²) in [5, 5.41) is 1.11. The number of esters is 1. The Hall–Kier alpha value is -2.38. The summed E-state index contributed by atoms with van der Waals surface area (Å²) < 4.78 is 10.3. The van der Waals surface area contributed by atoms with Crippen molar-refractivity contribution in [3.8, 4) is 0 Å². The van der Waals surface area contributed by atoms with Crippen molar-refractivity contribution in [1.29, 1.82) is 0 Å². The topological polar surface area (TPSA) is 74.9 Å². The Balaban J connectivity index is 1.61. The summed E-state index contributed by atoms with van der Waals surface area (Å²) in [5.41, 5.74) is 3.14. The van der Waals surface area contributed by atoms with Crippen LogP contribution in [0.3, 0.4) is 0 Å². The first-order valence-corrected chi connectivity index (χ1v) is 8.93. The highest BCUT2D eigenvalue weighted by molar-refractivity contribution is 5.90. The summed E-state index contributed by atoms with van der Waals surface area (Å²) in [4.78, 5) is 32.5. The minimum Gasteiger partial charge on any atom is -0.467 e. The second-order valence-electron chi connectivity index (χ2n) is 6.78. The van der Waals surface area contributed by atoms with Crippen LogP contribution < -0.4 is 0 Å². The van der Waals surface area contributed by atoms with Crippen LogP contribution in [-0.2, 0) is 32.0 Å². The van der Waals surface area contributed by atoms with Gasteiger partial charge in [0.2, 0.25) is 5.91 Å². The van der Waals surface area contributed by atoms with Gasteiger partial charge in [0.05, 0.1) is 33.4 Å². The minimum atomic E-state index is -0.583. The van der Waals surface area contributed by atoms with Gasteiger partial charge in [-0.05, 0) is 11.6 Å². The van der Waals surface area contributed by atoms with Crippen LogP contribution in [0.2, 0.25) is 0 Å². The van der Waals surface area contributed by atoms with E-state index < -0.39 is 6.04 Å². The van der Waals surface area contributed by atoms with E-state index in [9.17, 15) is 9.59 Å². The first-order valence-electron chi connectivity index (χ1n) is 8.93. The second-order valence-corrected chi connectivity index (χ2v) is 6.78. The third kappa shape index (κ3) is 3.08. The van der Waals surface area contributed by atoms with Crippen LogP contribution in [0.15, 0.2) is 24.3 Å². The minimum absolute atomic E-state index is 0.0494. The van der Waals surface area contributed by atoms with Crippen molar-refractivity contribution >= 4 is 22.8 Å². The molecule has 1 fully saturated rings. The number of ether oxygens (including phenoxy) is 2. The van der Waals surface area contributed by atoms with Gasteiger partial charge >= 0.3 is 5.97 Å². The lowest BCUT2D eigenvalue weighted by Gasteiger charge is -2.36. The van der Waals surface area contributed by atoms with Crippen LogP contribution in [-0.4, -0.2) is 72.7 Å². The number of fused-ring (bicyclic) bond motifs is 3. The van der Waals surface area contributed by atoms with E-state index in [2.05, 4.69) is 9.88 Å². The number of carbonyl (C=O) groups excluding carboxylic acids is 2. The molecule has 0 radical (unpaired) electrons. The lowest BCUT2D eigenvalue weighted by atomic mass is 9.96. The molecule has 7 heteroatoms. The molecule has 0 saturated carbocycles. The van der Waals surface area contributed by atoms with E-state index in [1.165, 1.54) is 7.11 Å². The maximum atomic E-state index is 12.9. The zero-order chi connectivity index (χ0) is 18.1. The average molecular weight is 357 g/mol. The Bertz CT molecular complexity index is 825. The number of benzene rings is 1. The van der Waals surface area contributed by atoms with Gasteiger partial charge < -0.3 is 19.4 Å². The van der Waals surface area contributed by atoms with E-state index in [1.54, 1.807) is 4.90 Å². The fourth-order valence-corrected chi connectivity index (χ4v) is 3.86. The molecule has 4 rings (SSSR count). The molecule has 1 aromatic carbocycles. The van der Waals surface area contributed by atoms with Gasteiger partial charge in [-0.25, -0.2) is 4.79 Å². The van der Waals surface area contributed by atoms with Gasteiger partial charge in [0.15, 0.2) is 0 Å². The molecule has 2 aliphatic rings. The third-order valence-electron chi connectivity index (χ3n) is 5.26. The molecule has 1 atom stereocenters. The molecule has 138 valence electrons. The van der Waals surface area contributed by atoms with Crippen LogP contribution in [0.4, 0.5) is 0 Å². The van der Waals surface area contributed by atoms with Crippen molar-refractivity contribution < 1.29 is 19.1 Å². The molecular weight excluding hydrogens is 334 g/mol. The average Bonchev–Trinajstić information content (AvgIpc) is 3.04. The van der Waals surface area contributed by atoms with Crippen molar-refractivity contribution in [3.05, 3.63) is 35.5 Å². The fourth-order valence-electron chi connectivity index (χ4n) is 3.86. The number of H-pyrrole nitrogens is 1. The summed E-state index contributed by atoms with van der Waals surface area (Å²) in [5.74, 6) is -0.414. The number of nitrogens with zero attached hydrogens (tertiary/aromatic N) is 2. The molecule has 7 nitrogen and oxygen atoms in total. The first kappa shape index (κ1) is 17.1. The van der Waals surface area contributed by atoms with Gasteiger partial charge in [-0.2, -0.15) is 0 Å². The highest BCUT2D eigenvalue weighted by atomic mass is 16.5. The molecule has 0 spiro atoms. The predicted octanol–water partition coefficient (Wildman–Crippen LogP) is 0.926. The standard InChI is InChI=1S/C19H23N3O4/c1-25-19(24)17-10-14-13-4-2-3-5-15(13)20-16(14)11-22(17)18(23)12-21-6-8-26-9-7-21/h2-5,17,20H,6-12H2,1H3/t17-/m1/s1. The third-order valence-corrected chi connectivity index (χ3v) is 5.26. The van der Waals surface area contributed by atoms with E-state index in [0.717, 1.165) is 35.2 Å². The van der Waals surface area contributed by atoms with Crippen LogP contribution in [0.5, 0.6) is 0 Å². The van der Waals surface area contributed by atoms with Gasteiger partial charge in [0, 0.05) is 36.1 Å². The maximum absolute atomic E-state index is 12.9. The number of amides is 1. The van der Waals surface area contributed by atoms with Crippen molar-refractivity contribution in [3.63, 3.8) is 0 Å². The number of para-hydroxylation sites is 1. The smallest absolute Gasteiger partial charge is 0.328 e. The lowest BCUT2D eigenvalue weighted by molar-refractivity contribution is -0.154. The number of rotatable bonds is 3. The lowest BCUT2D eigenvalue weighted by Crippen LogP contribution is -2.53. The molecule has 1 aromatic heterocycles. The van der Waals surface area contributed by atoms with Crippen molar-refractivity contribution in [1.82, 2.24) is 14.8 Å². The number of aromatic amines is 1. The number of morpholine rings is 1. The van der Waals surface area contributed by atoms with E-state index in [4.69, 9.17) is 9.47 Å². The molecule has 2 aliphatic heterocycles. The summed E-state index contributed by atoms with van der Waals surface area (Å²) in [6.45, 7) is 3.44. The first-order chi connectivity index (χ1) is 12.7. The number of hydrogen-bond acceptors (Lipinski definition) is 5. The van der Waals surface area contributed by atoms with Gasteiger partial charge in [-0.15, -0.1) is 0 Å². The summed E-state index contributed by atoms with van der Waals surface area (Å²) >= 11 is 0. The van der Waals surface area contributed by atoms with Crippen LogP contribution >= 0.6 is 0 Å². The summed E-state index contributed by atoms with van der Waals surface area (Å²) in [6, 6.07) is 7.44. The SMILES string of the molecule is COC(=O)[C@H]1Cc2c([nH]c3ccccc23)CN1C(=O)CN1CCOCC1. The highest BCUT2D eigenvalue weighted by Gasteiger charge is 2.37. The number of methoxy groups -OCH3 is 1. The van der Waals surface area contributed by atoms with E-state index >= 15 is 0 Å². The predicted molar refractivity (Wildman–Crippen MR) is 95.6 cm³/mol. The molecule has 2 aromatic rings. The molecule has 1 amide bonds. The number of aromatic nitrogens is 1. The number of carbonyl (C=O) groups is 2. The Morgan fingerprint density at radius 1 is 1.27 bits per heavy atom. The van der Waals surface area contributed by atoms with Gasteiger partial charge in [0.1, 0.15) is 6.04 Å². The molecule has 1 N–H and O–H groups in total. The number of nitrogens with one attached hydrogen (secondary N) is 1. The zero-order valence-electron chi connectivity index (χ0n) is 14.9. The van der Waals surface area contributed by atoms with Crippen molar-refractivity contribution in [2.45, 2.75) is 19.0 Å². The molecule has 3 heterocycles. The molecule has 1 saturated heterocycles. The van der Waals surface area contributed by atoms with Crippen LogP contribution in [0.25, 0.3) is 10.9 Å². The largest absolute Gasteiger partial charge is 0.467 e. The second kappa shape index (κ2) is 7.09. The molecule has 26 heavy (non-hydrogen) atoms. The Kier molecular flexibility index (Phi) is 4.65. The van der Waals surface area contributed by atoms with E-state index in [0.29, 0.717) is 32.7 Å². The molecule has 0 unspecified atom stereocenters. The molecule has 0 aliphatic carbocycles. The van der Waals surface area contributed by atoms with Crippen LogP contribution in [0.1, 0.15) is 11.3 Å². The maximum Gasteiger partial charge on any atom is 0.328 e.